The van der Waals surface area contributed by atoms with Gasteiger partial charge in [-0.25, -0.2) is 16.4 Å². The highest BCUT2D eigenvalue weighted by atomic mass is 31.2. The van der Waals surface area contributed by atoms with Crippen LogP contribution >= 0.6 is 7.82 Å². The molecule has 148 valence electrons. The maximum Gasteiger partial charge on any atom is 0.507 e. The van der Waals surface area contributed by atoms with Crippen LogP contribution in [0.2, 0.25) is 0 Å². The molecule has 0 aliphatic carbocycles. The van der Waals surface area contributed by atoms with Crippen LogP contribution < -0.4 is 22.4 Å². The van der Waals surface area contributed by atoms with Gasteiger partial charge in [-0.1, -0.05) is 0 Å². The summed E-state index contributed by atoms with van der Waals surface area (Å²) < 4.78 is 24.8. The van der Waals surface area contributed by atoms with Crippen LogP contribution in [-0.2, 0) is 18.3 Å². The smallest absolute Gasteiger partial charge is 0.396 e. The van der Waals surface area contributed by atoms with Crippen LogP contribution in [0.1, 0.15) is 17.5 Å². The molecule has 1 unspecified atom stereocenters. The Balaban J connectivity index is 1.96. The Morgan fingerprint density at radius 3 is 2.62 bits per heavy atom. The average molecular weight is 393 g/mol. The molecule has 0 bridgehead atoms. The first kappa shape index (κ1) is 21.0. The monoisotopic (exact) mass is 393 g/mol. The molecule has 1 aromatic rings. The van der Waals surface area contributed by atoms with E-state index in [1.54, 1.807) is 18.5 Å². The highest BCUT2D eigenvalue weighted by molar-refractivity contribution is 7.48. The first-order valence-electron chi connectivity index (χ1n) is 7.67. The number of phosphoric acid groups is 1. The lowest BCUT2D eigenvalue weighted by Gasteiger charge is -2.31. The fraction of sp³-hybridized carbons (Fsp3) is 0.538. The average Bonchev–Trinajstić information content (AvgIpc) is 3.17. The van der Waals surface area contributed by atoms with E-state index in [-0.39, 0.29) is 13.2 Å². The topological polar surface area (TPSA) is 197 Å². The Kier molecular flexibility index (Phi) is 7.32. The van der Waals surface area contributed by atoms with Gasteiger partial charge in [0.05, 0.1) is 30.9 Å². The van der Waals surface area contributed by atoms with Crippen molar-refractivity contribution in [2.24, 2.45) is 17.2 Å². The normalized spacial score (nSPS) is 17.6. The third-order valence-electron chi connectivity index (χ3n) is 4.08. The molecule has 0 saturated heterocycles. The Morgan fingerprint density at radius 1 is 1.31 bits per heavy atom. The minimum Gasteiger partial charge on any atom is -0.396 e. The predicted molar refractivity (Wildman–Crippen MR) is 90.4 cm³/mol. The number of nitrogens with one attached hydrogen (secondary N) is 3. The number of aliphatic hydroxyl groups is 3. The number of nitrogens with two attached hydrogens (primary N) is 2. The Bertz CT molecular complexity index is 655. The summed E-state index contributed by atoms with van der Waals surface area (Å²) in [5.41, 5.74) is 1.13. The van der Waals surface area contributed by atoms with Crippen molar-refractivity contribution in [3.05, 3.63) is 29.7 Å². The summed E-state index contributed by atoms with van der Waals surface area (Å²) in [4.78, 5) is 3.04. The molecule has 0 fully saturated rings. The fourth-order valence-corrected chi connectivity index (χ4v) is 3.04. The summed E-state index contributed by atoms with van der Waals surface area (Å²) in [7, 11) is -4.15. The van der Waals surface area contributed by atoms with Crippen LogP contribution in [0.3, 0.4) is 0 Å². The first-order valence-corrected chi connectivity index (χ1v) is 9.13. The molecule has 1 aromatic heterocycles. The lowest BCUT2D eigenvalue weighted by molar-refractivity contribution is -0.00210. The standard InChI is InChI=1S/C13H24N5O7P/c14-24-26(22,25-15)23-8-13(6-19,7-20)5-16-3-9-4-18-12(21)10-1-2-17-11(9)10/h1-2,4,12,16-21H,3,5-8,14-15H2. The molecule has 10 N–H and O–H groups in total. The molecule has 0 spiro atoms. The van der Waals surface area contributed by atoms with E-state index in [4.69, 9.17) is 16.3 Å². The van der Waals surface area contributed by atoms with Gasteiger partial charge in [0, 0.05) is 36.6 Å². The second-order valence-electron chi connectivity index (χ2n) is 5.90. The second kappa shape index (κ2) is 9.06. The molecule has 2 heterocycles. The number of hydrogen-bond acceptors (Lipinski definition) is 11. The van der Waals surface area contributed by atoms with Crippen LogP contribution in [0.4, 0.5) is 0 Å². The van der Waals surface area contributed by atoms with Gasteiger partial charge in [-0.2, -0.15) is 9.25 Å². The highest BCUT2D eigenvalue weighted by Crippen LogP contribution is 2.46. The van der Waals surface area contributed by atoms with Crippen molar-refractivity contribution < 1.29 is 33.7 Å². The molecular formula is C13H24N5O7P. The maximum absolute atomic E-state index is 11.7. The fourth-order valence-electron chi connectivity index (χ4n) is 2.44. The van der Waals surface area contributed by atoms with Crippen molar-refractivity contribution in [2.75, 3.05) is 32.9 Å². The molecule has 2 rings (SSSR count). The van der Waals surface area contributed by atoms with E-state index in [1.165, 1.54) is 0 Å². The summed E-state index contributed by atoms with van der Waals surface area (Å²) in [5, 5.41) is 35.0. The quantitative estimate of drug-likeness (QED) is 0.159. The van der Waals surface area contributed by atoms with Crippen molar-refractivity contribution >= 4 is 13.4 Å². The van der Waals surface area contributed by atoms with Gasteiger partial charge in [-0.05, 0) is 6.07 Å². The van der Waals surface area contributed by atoms with Gasteiger partial charge in [-0.15, -0.1) is 0 Å². The zero-order chi connectivity index (χ0) is 19.2. The molecule has 26 heavy (non-hydrogen) atoms. The summed E-state index contributed by atoms with van der Waals surface area (Å²) in [6.45, 7) is -0.883. The van der Waals surface area contributed by atoms with Crippen LogP contribution in [0, 0.1) is 5.41 Å². The summed E-state index contributed by atoms with van der Waals surface area (Å²) >= 11 is 0. The SMILES string of the molecule is NOP(=O)(ON)OCC(CO)(CO)CNCC1=CNC(O)c2cc[nH]c21. The summed E-state index contributed by atoms with van der Waals surface area (Å²) in [6.07, 6.45) is 2.58. The third kappa shape index (κ3) is 4.69. The third-order valence-corrected chi connectivity index (χ3v) is 5.05. The van der Waals surface area contributed by atoms with Crippen molar-refractivity contribution in [3.63, 3.8) is 0 Å². The Hall–Kier alpha value is -1.31. The number of fused-ring (bicyclic) bond motifs is 1. The molecule has 0 amide bonds. The first-order chi connectivity index (χ1) is 12.4. The van der Waals surface area contributed by atoms with Crippen LogP contribution in [-0.4, -0.2) is 53.2 Å². The van der Waals surface area contributed by atoms with Crippen LogP contribution in [0.15, 0.2) is 18.5 Å². The van der Waals surface area contributed by atoms with Crippen LogP contribution in [0.25, 0.3) is 5.57 Å². The molecule has 0 saturated carbocycles. The number of aliphatic hydroxyl groups excluding tert-OH is 3. The minimum atomic E-state index is -4.15. The zero-order valence-electron chi connectivity index (χ0n) is 13.9. The van der Waals surface area contributed by atoms with E-state index in [0.29, 0.717) is 12.1 Å². The van der Waals surface area contributed by atoms with Crippen LogP contribution in [0.5, 0.6) is 0 Å². The molecule has 0 aromatic carbocycles. The van der Waals surface area contributed by atoms with E-state index >= 15 is 0 Å². The van der Waals surface area contributed by atoms with Crippen molar-refractivity contribution in [3.8, 4) is 0 Å². The number of hydrogen-bond donors (Lipinski definition) is 8. The van der Waals surface area contributed by atoms with Crippen molar-refractivity contribution in [2.45, 2.75) is 6.23 Å². The molecule has 0 radical (unpaired) electrons. The molecule has 1 aliphatic rings. The second-order valence-corrected chi connectivity index (χ2v) is 7.47. The van der Waals surface area contributed by atoms with E-state index in [9.17, 15) is 19.9 Å². The van der Waals surface area contributed by atoms with Gasteiger partial charge in [0.25, 0.3) is 0 Å². The lowest BCUT2D eigenvalue weighted by atomic mass is 9.91. The number of rotatable bonds is 11. The minimum absolute atomic E-state index is 0.102. The Morgan fingerprint density at radius 2 is 2.00 bits per heavy atom. The highest BCUT2D eigenvalue weighted by Gasteiger charge is 2.35. The number of H-pyrrole nitrogens is 1. The molecule has 1 aliphatic heterocycles. The van der Waals surface area contributed by atoms with Crippen molar-refractivity contribution in [1.29, 1.82) is 0 Å². The largest absolute Gasteiger partial charge is 0.507 e. The predicted octanol–water partition coefficient (Wildman–Crippen LogP) is -1.58. The summed E-state index contributed by atoms with van der Waals surface area (Å²) in [6, 6.07) is 1.76. The Labute approximate surface area is 149 Å². The molecule has 12 nitrogen and oxygen atoms in total. The lowest BCUT2D eigenvalue weighted by Crippen LogP contribution is -2.44. The number of aromatic nitrogens is 1. The van der Waals surface area contributed by atoms with Gasteiger partial charge in [0.2, 0.25) is 0 Å². The molecule has 13 heteroatoms. The van der Waals surface area contributed by atoms with Gasteiger partial charge >= 0.3 is 7.82 Å². The zero-order valence-corrected chi connectivity index (χ0v) is 14.8. The van der Waals surface area contributed by atoms with Gasteiger partial charge in [0.15, 0.2) is 6.23 Å². The van der Waals surface area contributed by atoms with E-state index in [1.807, 2.05) is 0 Å². The van der Waals surface area contributed by atoms with Gasteiger partial charge in [0.1, 0.15) is 0 Å². The maximum atomic E-state index is 11.7. The van der Waals surface area contributed by atoms with Gasteiger partial charge < -0.3 is 30.9 Å². The summed E-state index contributed by atoms with van der Waals surface area (Å²) in [5.74, 6) is 9.60. The van der Waals surface area contributed by atoms with E-state index < -0.39 is 32.7 Å². The van der Waals surface area contributed by atoms with E-state index in [2.05, 4.69) is 24.9 Å². The molecular weight excluding hydrogens is 369 g/mol. The van der Waals surface area contributed by atoms with Gasteiger partial charge in [-0.3, -0.25) is 4.52 Å². The van der Waals surface area contributed by atoms with Crippen molar-refractivity contribution in [1.82, 2.24) is 15.6 Å². The molecule has 1 atom stereocenters. The number of aromatic amines is 1. The van der Waals surface area contributed by atoms with E-state index in [0.717, 1.165) is 11.3 Å².